The van der Waals surface area contributed by atoms with Crippen LogP contribution >= 0.6 is 11.6 Å². The van der Waals surface area contributed by atoms with Crippen LogP contribution in [0, 0.1) is 11.2 Å². The molecule has 1 amide bonds. The fourth-order valence-corrected chi connectivity index (χ4v) is 3.41. The molecule has 1 atom stereocenters. The monoisotopic (exact) mass is 496 g/mol. The summed E-state index contributed by atoms with van der Waals surface area (Å²) in [7, 11) is 0. The smallest absolute Gasteiger partial charge is 0.276 e. The predicted molar refractivity (Wildman–Crippen MR) is 132 cm³/mol. The van der Waals surface area contributed by atoms with Crippen LogP contribution in [0.3, 0.4) is 0 Å². The van der Waals surface area contributed by atoms with E-state index < -0.39 is 17.8 Å². The van der Waals surface area contributed by atoms with Gasteiger partial charge in [0.2, 0.25) is 11.8 Å². The van der Waals surface area contributed by atoms with Gasteiger partial charge in [0.25, 0.3) is 5.91 Å². The van der Waals surface area contributed by atoms with Gasteiger partial charge in [0.15, 0.2) is 0 Å². The summed E-state index contributed by atoms with van der Waals surface area (Å²) in [6.07, 6.45) is 4.11. The summed E-state index contributed by atoms with van der Waals surface area (Å²) < 4.78 is 18.8. The third-order valence-electron chi connectivity index (χ3n) is 5.04. The number of hydrogen-bond acceptors (Lipinski definition) is 6. The van der Waals surface area contributed by atoms with Crippen molar-refractivity contribution in [2.75, 3.05) is 11.9 Å². The lowest BCUT2D eigenvalue weighted by molar-refractivity contribution is 0.0987. The molecule has 9 nitrogen and oxygen atoms in total. The summed E-state index contributed by atoms with van der Waals surface area (Å²) in [5.41, 5.74) is 2.82. The summed E-state index contributed by atoms with van der Waals surface area (Å²) in [4.78, 5) is 26.9. The van der Waals surface area contributed by atoms with Gasteiger partial charge in [-0.15, -0.1) is 0 Å². The minimum Gasteiger partial charge on any atom is -0.475 e. The maximum atomic E-state index is 13.7. The third-order valence-corrected chi connectivity index (χ3v) is 5.26. The second-order valence-corrected chi connectivity index (χ2v) is 8.12. The molecule has 5 N–H and O–H groups in total. The molecule has 2 heterocycles. The fourth-order valence-electron chi connectivity index (χ4n) is 3.19. The number of anilines is 1. The van der Waals surface area contributed by atoms with Crippen molar-refractivity contribution in [3.05, 3.63) is 71.0 Å². The van der Waals surface area contributed by atoms with E-state index in [9.17, 15) is 14.3 Å². The maximum absolute atomic E-state index is 13.7. The number of imidazole rings is 2. The number of H-pyrrole nitrogens is 2. The Bertz CT molecular complexity index is 1390. The molecular formula is C24H22ClFN6O3. The highest BCUT2D eigenvalue weighted by Crippen LogP contribution is 2.27. The number of halogens is 2. The van der Waals surface area contributed by atoms with Crippen LogP contribution in [-0.2, 0) is 4.74 Å². The number of amides is 1. The second-order valence-electron chi connectivity index (χ2n) is 7.68. The molecule has 0 aliphatic rings. The van der Waals surface area contributed by atoms with Crippen molar-refractivity contribution in [3.8, 4) is 11.1 Å². The van der Waals surface area contributed by atoms with Gasteiger partial charge in [0, 0.05) is 11.1 Å². The molecule has 4 rings (SSSR count). The van der Waals surface area contributed by atoms with Gasteiger partial charge in [-0.1, -0.05) is 24.6 Å². The van der Waals surface area contributed by atoms with Crippen molar-refractivity contribution in [1.82, 2.24) is 19.9 Å². The van der Waals surface area contributed by atoms with E-state index in [-0.39, 0.29) is 24.1 Å². The lowest BCUT2D eigenvalue weighted by Crippen LogP contribution is -2.16. The highest BCUT2D eigenvalue weighted by molar-refractivity contribution is 6.30. The molecule has 4 aromatic rings. The van der Waals surface area contributed by atoms with Crippen molar-refractivity contribution >= 4 is 46.5 Å². The summed E-state index contributed by atoms with van der Waals surface area (Å²) in [6, 6.07) is 9.62. The van der Waals surface area contributed by atoms with Gasteiger partial charge in [0.05, 0.1) is 23.3 Å². The lowest BCUT2D eigenvalue weighted by Gasteiger charge is -2.08. The molecule has 180 valence electrons. The largest absolute Gasteiger partial charge is 0.475 e. The zero-order valence-corrected chi connectivity index (χ0v) is 19.4. The van der Waals surface area contributed by atoms with Gasteiger partial charge in [0.1, 0.15) is 23.9 Å². The molecule has 35 heavy (non-hydrogen) atoms. The number of fused-ring (bicyclic) bond motifs is 1. The molecule has 11 heteroatoms. The first-order chi connectivity index (χ1) is 16.8. The van der Waals surface area contributed by atoms with Crippen molar-refractivity contribution in [1.29, 1.82) is 5.41 Å². The van der Waals surface area contributed by atoms with Crippen molar-refractivity contribution in [2.24, 2.45) is 0 Å². The van der Waals surface area contributed by atoms with E-state index in [2.05, 4.69) is 25.3 Å². The number of aromatic amines is 2. The molecule has 2 aromatic carbocycles. The van der Waals surface area contributed by atoms with E-state index in [1.807, 2.05) is 6.92 Å². The van der Waals surface area contributed by atoms with Gasteiger partial charge in [-0.3, -0.25) is 15.5 Å². The van der Waals surface area contributed by atoms with Crippen molar-refractivity contribution in [3.63, 3.8) is 0 Å². The average molecular weight is 497 g/mol. The number of benzene rings is 2. The predicted octanol–water partition coefficient (Wildman–Crippen LogP) is 4.78. The Morgan fingerprint density at radius 3 is 2.89 bits per heavy atom. The first-order valence-corrected chi connectivity index (χ1v) is 11.1. The Morgan fingerprint density at radius 1 is 1.29 bits per heavy atom. The van der Waals surface area contributed by atoms with E-state index in [1.54, 1.807) is 24.3 Å². The van der Waals surface area contributed by atoms with E-state index in [1.165, 1.54) is 30.5 Å². The van der Waals surface area contributed by atoms with Crippen molar-refractivity contribution < 1.29 is 19.0 Å². The Hall–Kier alpha value is -4.02. The number of nitrogens with zero attached hydrogens (tertiary/aromatic N) is 2. The van der Waals surface area contributed by atoms with E-state index >= 15 is 0 Å². The van der Waals surface area contributed by atoms with Gasteiger partial charge >= 0.3 is 0 Å². The SMILES string of the molecule is CC[C@@H](O)COC(=N)/C=C\c1ncc(C(=O)Nc2nc3ccc(-c4cc(F)cc(Cl)c4)cc3[nH]2)[nH]1. The fraction of sp³-hybridized carbons (Fsp3) is 0.167. The average Bonchev–Trinajstić information content (AvgIpc) is 3.46. The Balaban J connectivity index is 1.42. The number of rotatable bonds is 8. The van der Waals surface area contributed by atoms with Crippen LogP contribution in [0.25, 0.3) is 28.2 Å². The number of aliphatic hydroxyl groups is 1. The topological polar surface area (TPSA) is 140 Å². The normalized spacial score (nSPS) is 12.2. The Morgan fingerprint density at radius 2 is 2.11 bits per heavy atom. The van der Waals surface area contributed by atoms with Gasteiger partial charge < -0.3 is 19.8 Å². The molecule has 0 bridgehead atoms. The van der Waals surface area contributed by atoms with Gasteiger partial charge in [-0.25, -0.2) is 14.4 Å². The van der Waals surface area contributed by atoms with Crippen LogP contribution in [0.2, 0.25) is 5.02 Å². The van der Waals surface area contributed by atoms with Crippen LogP contribution in [0.15, 0.2) is 48.7 Å². The molecule has 0 radical (unpaired) electrons. The molecule has 0 spiro atoms. The van der Waals surface area contributed by atoms with Gasteiger partial charge in [-0.05, 0) is 54.0 Å². The quantitative estimate of drug-likeness (QED) is 0.176. The minimum absolute atomic E-state index is 0.0282. The molecule has 0 unspecified atom stereocenters. The molecule has 0 aliphatic heterocycles. The molecular weight excluding hydrogens is 475 g/mol. The molecule has 2 aromatic heterocycles. The number of carbonyl (C=O) groups is 1. The lowest BCUT2D eigenvalue weighted by atomic mass is 10.1. The molecule has 0 aliphatic carbocycles. The highest BCUT2D eigenvalue weighted by Gasteiger charge is 2.13. The molecule has 0 saturated heterocycles. The number of carbonyl (C=O) groups excluding carboxylic acids is 1. The minimum atomic E-state index is -0.632. The summed E-state index contributed by atoms with van der Waals surface area (Å²) in [5, 5.41) is 20.1. The number of nitrogens with one attached hydrogen (secondary N) is 4. The molecule has 0 saturated carbocycles. The second kappa shape index (κ2) is 10.5. The number of hydrogen-bond donors (Lipinski definition) is 5. The molecule has 0 fully saturated rings. The summed E-state index contributed by atoms with van der Waals surface area (Å²) in [6.45, 7) is 1.84. The van der Waals surface area contributed by atoms with Crippen LogP contribution in [0.5, 0.6) is 0 Å². The van der Waals surface area contributed by atoms with Gasteiger partial charge in [-0.2, -0.15) is 0 Å². The van der Waals surface area contributed by atoms with E-state index in [0.717, 1.165) is 5.56 Å². The Labute approximate surface area is 204 Å². The summed E-state index contributed by atoms with van der Waals surface area (Å²) >= 11 is 5.96. The first kappa shape index (κ1) is 24.1. The van der Waals surface area contributed by atoms with E-state index in [4.69, 9.17) is 21.7 Å². The van der Waals surface area contributed by atoms with Crippen molar-refractivity contribution in [2.45, 2.75) is 19.4 Å². The number of aromatic nitrogens is 4. The van der Waals surface area contributed by atoms with Crippen LogP contribution in [-0.4, -0.2) is 49.6 Å². The summed E-state index contributed by atoms with van der Waals surface area (Å²) in [5.74, 6) is -0.454. The number of ether oxygens (including phenoxy) is 1. The number of aliphatic hydroxyl groups excluding tert-OH is 1. The standard InChI is InChI=1S/C24H22ClFN6O3/c1-2-17(33)12-35-21(27)5-6-22-28-11-20(29-22)23(34)32-24-30-18-4-3-13(9-19(18)31-24)14-7-15(25)10-16(26)8-14/h3-11,17,27,33H,2,12H2,1H3,(H,28,29)(H2,30,31,32,34)/b6-5-,27-21?/t17-/m1/s1. The third kappa shape index (κ3) is 6.11. The zero-order valence-electron chi connectivity index (χ0n) is 18.6. The zero-order chi connectivity index (χ0) is 24.9. The Kier molecular flexibility index (Phi) is 7.23. The van der Waals surface area contributed by atoms with E-state index in [0.29, 0.717) is 33.9 Å². The van der Waals surface area contributed by atoms with Crippen LogP contribution < -0.4 is 5.32 Å². The van der Waals surface area contributed by atoms with Crippen LogP contribution in [0.1, 0.15) is 29.7 Å². The maximum Gasteiger partial charge on any atom is 0.276 e. The highest BCUT2D eigenvalue weighted by atomic mass is 35.5. The first-order valence-electron chi connectivity index (χ1n) is 10.7. The van der Waals surface area contributed by atoms with Crippen LogP contribution in [0.4, 0.5) is 10.3 Å².